The van der Waals surface area contributed by atoms with Gasteiger partial charge in [0.15, 0.2) is 5.96 Å². The second-order valence-electron chi connectivity index (χ2n) is 6.57. The summed E-state index contributed by atoms with van der Waals surface area (Å²) in [7, 11) is 1.95. The van der Waals surface area contributed by atoms with Gasteiger partial charge < -0.3 is 10.2 Å². The highest BCUT2D eigenvalue weighted by atomic mass is 19.1. The summed E-state index contributed by atoms with van der Waals surface area (Å²) in [6.07, 6.45) is 3.24. The average molecular weight is 380 g/mol. The molecule has 0 radical (unpaired) electrons. The molecule has 1 aromatic heterocycles. The number of benzene rings is 2. The smallest absolute Gasteiger partial charge is 0.194 e. The van der Waals surface area contributed by atoms with Crippen molar-refractivity contribution in [2.75, 3.05) is 13.6 Å². The molecule has 6 nitrogen and oxygen atoms in total. The van der Waals surface area contributed by atoms with Crippen LogP contribution in [0.2, 0.25) is 0 Å². The van der Waals surface area contributed by atoms with Crippen molar-refractivity contribution in [3.63, 3.8) is 0 Å². The number of aromatic nitrogens is 3. The Morgan fingerprint density at radius 1 is 1.14 bits per heavy atom. The van der Waals surface area contributed by atoms with E-state index in [-0.39, 0.29) is 5.82 Å². The van der Waals surface area contributed by atoms with Gasteiger partial charge in [-0.1, -0.05) is 36.4 Å². The fourth-order valence-electron chi connectivity index (χ4n) is 2.95. The first-order chi connectivity index (χ1) is 13.6. The van der Waals surface area contributed by atoms with E-state index in [4.69, 9.17) is 4.99 Å². The summed E-state index contributed by atoms with van der Waals surface area (Å²) in [5.74, 6) is 0.561. The zero-order chi connectivity index (χ0) is 19.8. The van der Waals surface area contributed by atoms with Crippen LogP contribution in [-0.4, -0.2) is 39.2 Å². The number of aliphatic imine (C=N–C) groups is 1. The van der Waals surface area contributed by atoms with Crippen LogP contribution in [0, 0.1) is 5.82 Å². The van der Waals surface area contributed by atoms with Crippen molar-refractivity contribution in [2.24, 2.45) is 4.99 Å². The van der Waals surface area contributed by atoms with E-state index in [1.54, 1.807) is 23.1 Å². The number of nitrogens with one attached hydrogen (secondary N) is 1. The highest BCUT2D eigenvalue weighted by Gasteiger charge is 2.07. The Hall–Kier alpha value is -3.22. The molecule has 0 aliphatic rings. The molecular formula is C21H25FN6. The Bertz CT molecular complexity index is 907. The van der Waals surface area contributed by atoms with Crippen LogP contribution in [0.1, 0.15) is 23.6 Å². The Labute approximate surface area is 164 Å². The van der Waals surface area contributed by atoms with E-state index in [0.29, 0.717) is 19.6 Å². The van der Waals surface area contributed by atoms with E-state index in [0.717, 1.165) is 29.2 Å². The molecule has 0 aliphatic carbocycles. The molecule has 3 rings (SSSR count). The van der Waals surface area contributed by atoms with Crippen molar-refractivity contribution in [2.45, 2.75) is 26.6 Å². The number of nitrogens with zero attached hydrogens (tertiary/aromatic N) is 5. The molecular weight excluding hydrogens is 355 g/mol. The van der Waals surface area contributed by atoms with Gasteiger partial charge >= 0.3 is 0 Å². The van der Waals surface area contributed by atoms with Crippen LogP contribution >= 0.6 is 0 Å². The number of halogens is 1. The van der Waals surface area contributed by atoms with Crippen molar-refractivity contribution < 1.29 is 4.39 Å². The maximum atomic E-state index is 13.4. The summed E-state index contributed by atoms with van der Waals surface area (Å²) in [5, 5.41) is 7.44. The molecule has 0 saturated carbocycles. The lowest BCUT2D eigenvalue weighted by molar-refractivity contribution is 0.474. The first-order valence-corrected chi connectivity index (χ1v) is 9.28. The molecule has 0 atom stereocenters. The summed E-state index contributed by atoms with van der Waals surface area (Å²) in [6.45, 7) is 4.61. The second-order valence-corrected chi connectivity index (χ2v) is 6.57. The topological polar surface area (TPSA) is 58.3 Å². The lowest BCUT2D eigenvalue weighted by Crippen LogP contribution is -2.38. The number of hydrogen-bond donors (Lipinski definition) is 1. The number of hydrogen-bond acceptors (Lipinski definition) is 3. The molecule has 0 amide bonds. The van der Waals surface area contributed by atoms with Gasteiger partial charge in [-0.3, -0.25) is 0 Å². The molecule has 28 heavy (non-hydrogen) atoms. The summed E-state index contributed by atoms with van der Waals surface area (Å²) >= 11 is 0. The third kappa shape index (κ3) is 5.64. The van der Waals surface area contributed by atoms with Crippen LogP contribution in [-0.2, 0) is 19.6 Å². The summed E-state index contributed by atoms with van der Waals surface area (Å²) < 4.78 is 15.2. The predicted octanol–water partition coefficient (Wildman–Crippen LogP) is 3.06. The van der Waals surface area contributed by atoms with Gasteiger partial charge in [0.2, 0.25) is 0 Å². The van der Waals surface area contributed by atoms with Gasteiger partial charge in [-0.2, -0.15) is 5.10 Å². The van der Waals surface area contributed by atoms with E-state index in [1.165, 1.54) is 12.4 Å². The van der Waals surface area contributed by atoms with Crippen molar-refractivity contribution in [3.05, 3.63) is 83.7 Å². The van der Waals surface area contributed by atoms with Crippen LogP contribution in [0.15, 0.2) is 66.2 Å². The van der Waals surface area contributed by atoms with E-state index in [2.05, 4.69) is 33.6 Å². The van der Waals surface area contributed by atoms with Crippen LogP contribution in [0.3, 0.4) is 0 Å². The van der Waals surface area contributed by atoms with Gasteiger partial charge in [0.25, 0.3) is 0 Å². The molecule has 0 spiro atoms. The lowest BCUT2D eigenvalue weighted by atomic mass is 10.1. The molecule has 146 valence electrons. The fourth-order valence-corrected chi connectivity index (χ4v) is 2.95. The molecule has 0 bridgehead atoms. The van der Waals surface area contributed by atoms with E-state index in [1.807, 2.05) is 31.0 Å². The zero-order valence-corrected chi connectivity index (χ0v) is 16.2. The maximum Gasteiger partial charge on any atom is 0.194 e. The van der Waals surface area contributed by atoms with Crippen molar-refractivity contribution in [3.8, 4) is 0 Å². The fraction of sp³-hybridized carbons (Fsp3) is 0.286. The lowest BCUT2D eigenvalue weighted by Gasteiger charge is -2.22. The zero-order valence-electron chi connectivity index (χ0n) is 16.2. The maximum absolute atomic E-state index is 13.4. The quantitative estimate of drug-likeness (QED) is 0.506. The van der Waals surface area contributed by atoms with Crippen molar-refractivity contribution in [1.82, 2.24) is 25.0 Å². The number of rotatable bonds is 7. The standard InChI is InChI=1S/C21H25FN6/c1-3-24-21(27(2)13-19-8-5-9-20(22)11-19)25-12-17-6-4-7-18(10-17)14-28-16-23-15-26-28/h4-11,15-16H,3,12-14H2,1-2H3,(H,24,25). The second kappa shape index (κ2) is 9.64. The molecule has 0 unspecified atom stereocenters. The van der Waals surface area contributed by atoms with Crippen LogP contribution < -0.4 is 5.32 Å². The van der Waals surface area contributed by atoms with Gasteiger partial charge in [-0.15, -0.1) is 0 Å². The minimum Gasteiger partial charge on any atom is -0.357 e. The van der Waals surface area contributed by atoms with Crippen molar-refractivity contribution in [1.29, 1.82) is 0 Å². The van der Waals surface area contributed by atoms with Gasteiger partial charge in [-0.25, -0.2) is 19.0 Å². The highest BCUT2D eigenvalue weighted by molar-refractivity contribution is 5.79. The summed E-state index contributed by atoms with van der Waals surface area (Å²) in [5.41, 5.74) is 3.17. The minimum absolute atomic E-state index is 0.225. The predicted molar refractivity (Wildman–Crippen MR) is 108 cm³/mol. The Kier molecular flexibility index (Phi) is 6.73. The van der Waals surface area contributed by atoms with Crippen LogP contribution in [0.5, 0.6) is 0 Å². The highest BCUT2D eigenvalue weighted by Crippen LogP contribution is 2.10. The SMILES string of the molecule is CCNC(=NCc1cccc(Cn2cncn2)c1)N(C)Cc1cccc(F)c1. The molecule has 2 aromatic carbocycles. The van der Waals surface area contributed by atoms with Crippen LogP contribution in [0.4, 0.5) is 4.39 Å². The third-order valence-electron chi connectivity index (χ3n) is 4.22. The molecule has 3 aromatic rings. The van der Waals surface area contributed by atoms with E-state index >= 15 is 0 Å². The molecule has 7 heteroatoms. The van der Waals surface area contributed by atoms with Crippen LogP contribution in [0.25, 0.3) is 0 Å². The monoisotopic (exact) mass is 380 g/mol. The van der Waals surface area contributed by atoms with E-state index < -0.39 is 0 Å². The van der Waals surface area contributed by atoms with Gasteiger partial charge in [-0.05, 0) is 35.7 Å². The molecule has 0 saturated heterocycles. The summed E-state index contributed by atoms with van der Waals surface area (Å²) in [4.78, 5) is 10.7. The molecule has 0 fully saturated rings. The normalized spacial score (nSPS) is 11.5. The molecule has 1 N–H and O–H groups in total. The van der Waals surface area contributed by atoms with Crippen molar-refractivity contribution >= 4 is 5.96 Å². The molecule has 1 heterocycles. The van der Waals surface area contributed by atoms with Gasteiger partial charge in [0.1, 0.15) is 18.5 Å². The Morgan fingerprint density at radius 2 is 1.93 bits per heavy atom. The number of guanidine groups is 1. The third-order valence-corrected chi connectivity index (χ3v) is 4.22. The Balaban J connectivity index is 1.68. The Morgan fingerprint density at radius 3 is 2.68 bits per heavy atom. The first-order valence-electron chi connectivity index (χ1n) is 9.28. The average Bonchev–Trinajstić information content (AvgIpc) is 3.18. The van der Waals surface area contributed by atoms with Gasteiger partial charge in [0, 0.05) is 20.1 Å². The molecule has 0 aliphatic heterocycles. The first kappa shape index (κ1) is 19.5. The summed E-state index contributed by atoms with van der Waals surface area (Å²) in [6, 6.07) is 14.9. The van der Waals surface area contributed by atoms with E-state index in [9.17, 15) is 4.39 Å². The minimum atomic E-state index is -0.225. The largest absolute Gasteiger partial charge is 0.357 e. The van der Waals surface area contributed by atoms with Gasteiger partial charge in [0.05, 0.1) is 13.1 Å².